The van der Waals surface area contributed by atoms with E-state index in [-0.39, 0.29) is 31.1 Å². The van der Waals surface area contributed by atoms with Crippen LogP contribution in [0, 0.1) is 0 Å². The average molecular weight is 1020 g/mol. The summed E-state index contributed by atoms with van der Waals surface area (Å²) in [7, 11) is 0. The molecule has 1 unspecified atom stereocenters. The van der Waals surface area contributed by atoms with Crippen LogP contribution in [-0.4, -0.2) is 37.2 Å². The molecule has 0 spiro atoms. The van der Waals surface area contributed by atoms with E-state index in [0.29, 0.717) is 19.3 Å². The van der Waals surface area contributed by atoms with Crippen LogP contribution in [0.25, 0.3) is 0 Å². The molecule has 73 heavy (non-hydrogen) atoms. The highest BCUT2D eigenvalue weighted by atomic mass is 16.6. The van der Waals surface area contributed by atoms with Crippen molar-refractivity contribution in [3.8, 4) is 0 Å². The monoisotopic (exact) mass is 1020 g/mol. The van der Waals surface area contributed by atoms with Crippen LogP contribution in [0.2, 0.25) is 0 Å². The van der Waals surface area contributed by atoms with E-state index < -0.39 is 6.10 Å². The van der Waals surface area contributed by atoms with E-state index in [2.05, 4.69) is 93.7 Å². The first-order valence-corrected chi connectivity index (χ1v) is 31.4. The van der Waals surface area contributed by atoms with E-state index in [9.17, 15) is 14.4 Å². The highest BCUT2D eigenvalue weighted by molar-refractivity contribution is 5.71. The number of allylic oxidation sites excluding steroid dienone is 12. The third-order valence-electron chi connectivity index (χ3n) is 13.7. The van der Waals surface area contributed by atoms with E-state index in [1.807, 2.05) is 0 Å². The summed E-state index contributed by atoms with van der Waals surface area (Å²) >= 11 is 0. The largest absolute Gasteiger partial charge is 0.462 e. The summed E-state index contributed by atoms with van der Waals surface area (Å²) in [6.07, 6.45) is 79.1. The molecule has 0 rings (SSSR count). The van der Waals surface area contributed by atoms with E-state index in [0.717, 1.165) is 109 Å². The molecule has 0 aliphatic rings. The summed E-state index contributed by atoms with van der Waals surface area (Å²) in [6, 6.07) is 0. The zero-order valence-electron chi connectivity index (χ0n) is 48.4. The molecular weight excluding hydrogens is 901 g/mol. The zero-order chi connectivity index (χ0) is 52.9. The van der Waals surface area contributed by atoms with Gasteiger partial charge in [-0.05, 0) is 89.9 Å². The van der Waals surface area contributed by atoms with Gasteiger partial charge in [0.05, 0.1) is 0 Å². The van der Waals surface area contributed by atoms with Gasteiger partial charge in [-0.2, -0.15) is 0 Å². The fourth-order valence-corrected chi connectivity index (χ4v) is 9.00. The van der Waals surface area contributed by atoms with Crippen molar-refractivity contribution in [3.63, 3.8) is 0 Å². The van der Waals surface area contributed by atoms with Gasteiger partial charge in [0.2, 0.25) is 0 Å². The molecule has 0 saturated carbocycles. The molecule has 0 heterocycles. The summed E-state index contributed by atoms with van der Waals surface area (Å²) in [6.45, 7) is 6.53. The summed E-state index contributed by atoms with van der Waals surface area (Å²) < 4.78 is 16.9. The topological polar surface area (TPSA) is 78.9 Å². The summed E-state index contributed by atoms with van der Waals surface area (Å²) in [5.41, 5.74) is 0. The van der Waals surface area contributed by atoms with Gasteiger partial charge in [0.15, 0.2) is 6.10 Å². The number of unbranched alkanes of at least 4 members (excludes halogenated alkanes) is 34. The maximum atomic E-state index is 12.9. The Morgan fingerprint density at radius 1 is 0.288 bits per heavy atom. The number of hydrogen-bond donors (Lipinski definition) is 0. The Labute approximate surface area is 453 Å². The molecule has 6 nitrogen and oxygen atoms in total. The van der Waals surface area contributed by atoms with Crippen molar-refractivity contribution in [1.82, 2.24) is 0 Å². The third kappa shape index (κ3) is 59.6. The van der Waals surface area contributed by atoms with Crippen molar-refractivity contribution in [1.29, 1.82) is 0 Å². The number of ether oxygens (including phenoxy) is 3. The number of rotatable bonds is 57. The van der Waals surface area contributed by atoms with Crippen molar-refractivity contribution < 1.29 is 28.6 Å². The predicted molar refractivity (Wildman–Crippen MR) is 316 cm³/mol. The molecular formula is C67H118O6. The quantitative estimate of drug-likeness (QED) is 0.0261. The number of hydrogen-bond acceptors (Lipinski definition) is 6. The third-order valence-corrected chi connectivity index (χ3v) is 13.7. The molecule has 0 aliphatic heterocycles. The fourth-order valence-electron chi connectivity index (χ4n) is 9.00. The number of esters is 3. The molecule has 0 radical (unpaired) electrons. The first-order chi connectivity index (χ1) is 36.0. The lowest BCUT2D eigenvalue weighted by Crippen LogP contribution is -2.30. The Morgan fingerprint density at radius 2 is 0.534 bits per heavy atom. The molecule has 0 aliphatic carbocycles. The van der Waals surface area contributed by atoms with Crippen LogP contribution in [0.1, 0.15) is 316 Å². The van der Waals surface area contributed by atoms with Gasteiger partial charge >= 0.3 is 17.9 Å². The Balaban J connectivity index is 4.26. The summed E-state index contributed by atoms with van der Waals surface area (Å²) in [5.74, 6) is -0.886. The SMILES string of the molecule is CC/C=C\C/C=C\C/C=C\CCCCCCCC(=O)OC(COC(=O)CCCCCCCCCCCCCCC)COC(=O)CCCCCCCCCCCCCC/C=C\C/C=C\C/C=C\CCCCCCC. The van der Waals surface area contributed by atoms with Gasteiger partial charge in [-0.15, -0.1) is 0 Å². The smallest absolute Gasteiger partial charge is 0.306 e. The Kier molecular flexibility index (Phi) is 58.7. The van der Waals surface area contributed by atoms with Crippen molar-refractivity contribution in [3.05, 3.63) is 72.9 Å². The molecule has 0 aromatic rings. The Bertz CT molecular complexity index is 1360. The number of carbonyl (C=O) groups is 3. The summed E-state index contributed by atoms with van der Waals surface area (Å²) in [4.78, 5) is 38.2. The van der Waals surface area contributed by atoms with Gasteiger partial charge in [-0.1, -0.05) is 280 Å². The Morgan fingerprint density at radius 3 is 0.836 bits per heavy atom. The highest BCUT2D eigenvalue weighted by Crippen LogP contribution is 2.16. The fraction of sp³-hybridized carbons (Fsp3) is 0.776. The van der Waals surface area contributed by atoms with Gasteiger partial charge in [0.1, 0.15) is 13.2 Å². The molecule has 0 bridgehead atoms. The normalized spacial score (nSPS) is 12.5. The van der Waals surface area contributed by atoms with Crippen molar-refractivity contribution in [2.24, 2.45) is 0 Å². The predicted octanol–water partition coefficient (Wildman–Crippen LogP) is 21.3. The van der Waals surface area contributed by atoms with Crippen molar-refractivity contribution in [2.75, 3.05) is 13.2 Å². The second kappa shape index (κ2) is 61.4. The summed E-state index contributed by atoms with van der Waals surface area (Å²) in [5, 5.41) is 0. The molecule has 0 saturated heterocycles. The molecule has 422 valence electrons. The second-order valence-corrected chi connectivity index (χ2v) is 20.9. The van der Waals surface area contributed by atoms with Crippen LogP contribution in [0.15, 0.2) is 72.9 Å². The van der Waals surface area contributed by atoms with Crippen molar-refractivity contribution in [2.45, 2.75) is 322 Å². The molecule has 0 amide bonds. The minimum absolute atomic E-state index is 0.0800. The zero-order valence-corrected chi connectivity index (χ0v) is 48.4. The van der Waals surface area contributed by atoms with Crippen LogP contribution < -0.4 is 0 Å². The first kappa shape index (κ1) is 69.8. The van der Waals surface area contributed by atoms with Gasteiger partial charge < -0.3 is 14.2 Å². The lowest BCUT2D eigenvalue weighted by molar-refractivity contribution is -0.167. The maximum absolute atomic E-state index is 12.9. The molecule has 0 N–H and O–H groups in total. The van der Waals surface area contributed by atoms with E-state index in [1.165, 1.54) is 167 Å². The lowest BCUT2D eigenvalue weighted by Gasteiger charge is -2.18. The van der Waals surface area contributed by atoms with Crippen LogP contribution in [0.3, 0.4) is 0 Å². The van der Waals surface area contributed by atoms with Crippen LogP contribution in [0.5, 0.6) is 0 Å². The van der Waals surface area contributed by atoms with Gasteiger partial charge in [-0.25, -0.2) is 0 Å². The van der Waals surface area contributed by atoms with E-state index in [1.54, 1.807) is 0 Å². The molecule has 1 atom stereocenters. The number of carbonyl (C=O) groups excluding carboxylic acids is 3. The minimum atomic E-state index is -0.784. The standard InChI is InChI=1S/C67H118O6/c1-4-7-10-13-16-19-22-25-27-28-29-30-31-32-33-34-35-36-37-38-40-42-45-48-51-54-57-60-66(69)72-63-64(62-71-65(68)59-56-53-50-47-44-41-24-21-18-15-12-9-6-3)73-67(70)61-58-55-52-49-46-43-39-26-23-20-17-14-11-8-5-2/h8,11,17,20,22,25-26,28-29,31-32,39,64H,4-7,9-10,12-16,18-19,21,23-24,27,30,33-38,40-63H2,1-3H3/b11-8-,20-17-,25-22-,29-28-,32-31-,39-26-. The maximum Gasteiger partial charge on any atom is 0.306 e. The second-order valence-electron chi connectivity index (χ2n) is 20.9. The molecule has 0 aromatic heterocycles. The highest BCUT2D eigenvalue weighted by Gasteiger charge is 2.19. The van der Waals surface area contributed by atoms with Gasteiger partial charge in [0, 0.05) is 19.3 Å². The molecule has 0 fully saturated rings. The van der Waals surface area contributed by atoms with E-state index >= 15 is 0 Å². The van der Waals surface area contributed by atoms with Gasteiger partial charge in [0.25, 0.3) is 0 Å². The average Bonchev–Trinajstić information content (AvgIpc) is 3.39. The molecule has 0 aromatic carbocycles. The minimum Gasteiger partial charge on any atom is -0.462 e. The van der Waals surface area contributed by atoms with Crippen LogP contribution in [-0.2, 0) is 28.6 Å². The molecule has 6 heteroatoms. The lowest BCUT2D eigenvalue weighted by atomic mass is 10.0. The van der Waals surface area contributed by atoms with Crippen LogP contribution in [0.4, 0.5) is 0 Å². The first-order valence-electron chi connectivity index (χ1n) is 31.4. The van der Waals surface area contributed by atoms with Crippen molar-refractivity contribution >= 4 is 17.9 Å². The van der Waals surface area contributed by atoms with E-state index in [4.69, 9.17) is 14.2 Å². The van der Waals surface area contributed by atoms with Crippen LogP contribution >= 0.6 is 0 Å². The van der Waals surface area contributed by atoms with Gasteiger partial charge in [-0.3, -0.25) is 14.4 Å². The Hall–Kier alpha value is -3.15.